The van der Waals surface area contributed by atoms with E-state index in [1.165, 1.54) is 18.4 Å². The van der Waals surface area contributed by atoms with Gasteiger partial charge in [-0.1, -0.05) is 55.5 Å². The van der Waals surface area contributed by atoms with Crippen LogP contribution < -0.4 is 10.2 Å². The Bertz CT molecular complexity index is 701. The summed E-state index contributed by atoms with van der Waals surface area (Å²) < 4.78 is 0. The van der Waals surface area contributed by atoms with Crippen molar-refractivity contribution in [3.8, 4) is 0 Å². The van der Waals surface area contributed by atoms with Gasteiger partial charge in [0.15, 0.2) is 0 Å². The number of benzene rings is 2. The van der Waals surface area contributed by atoms with Gasteiger partial charge in [-0.3, -0.25) is 4.79 Å². The molecule has 3 unspecified atom stereocenters. The number of amides is 1. The number of carbonyl (C=O) groups is 1. The number of rotatable bonds is 7. The molecule has 144 valence electrons. The lowest BCUT2D eigenvalue weighted by molar-refractivity contribution is -0.119. The topological polar surface area (TPSA) is 32.3 Å². The highest BCUT2D eigenvalue weighted by Gasteiger charge is 2.34. The van der Waals surface area contributed by atoms with Gasteiger partial charge in [0.05, 0.1) is 0 Å². The lowest BCUT2D eigenvalue weighted by atomic mass is 9.81. The van der Waals surface area contributed by atoms with Crippen LogP contribution in [-0.4, -0.2) is 24.5 Å². The van der Waals surface area contributed by atoms with E-state index in [0.29, 0.717) is 18.4 Å². The lowest BCUT2D eigenvalue weighted by Gasteiger charge is -2.41. The zero-order valence-corrected chi connectivity index (χ0v) is 16.6. The zero-order valence-electron chi connectivity index (χ0n) is 16.6. The molecule has 0 saturated carbocycles. The van der Waals surface area contributed by atoms with Gasteiger partial charge >= 0.3 is 0 Å². The standard InChI is InChI=1S/C24H32N2O/c1-3-24(27)26(21-13-8-5-9-14-21)19(2)22-15-10-18-25-23(22)17-16-20-11-6-4-7-12-20/h4-9,11-14,19,22-23,25H,3,10,15-18H2,1-2H3. The van der Waals surface area contributed by atoms with Crippen LogP contribution >= 0.6 is 0 Å². The summed E-state index contributed by atoms with van der Waals surface area (Å²) in [5.41, 5.74) is 2.41. The summed E-state index contributed by atoms with van der Waals surface area (Å²) >= 11 is 0. The molecule has 0 aromatic heterocycles. The van der Waals surface area contributed by atoms with Gasteiger partial charge in [-0.2, -0.15) is 0 Å². The molecule has 1 aliphatic heterocycles. The van der Waals surface area contributed by atoms with E-state index in [1.807, 2.05) is 30.0 Å². The summed E-state index contributed by atoms with van der Waals surface area (Å²) in [4.78, 5) is 14.8. The smallest absolute Gasteiger partial charge is 0.226 e. The Morgan fingerprint density at radius 3 is 2.44 bits per heavy atom. The van der Waals surface area contributed by atoms with Crippen molar-refractivity contribution < 1.29 is 4.79 Å². The fraction of sp³-hybridized carbons (Fsp3) is 0.458. The maximum Gasteiger partial charge on any atom is 0.226 e. The van der Waals surface area contributed by atoms with Crippen LogP contribution in [0.2, 0.25) is 0 Å². The van der Waals surface area contributed by atoms with E-state index in [4.69, 9.17) is 0 Å². The molecule has 3 atom stereocenters. The van der Waals surface area contributed by atoms with Crippen LogP contribution in [0, 0.1) is 5.92 Å². The normalized spacial score (nSPS) is 20.8. The van der Waals surface area contributed by atoms with Crippen LogP contribution in [0.1, 0.15) is 45.1 Å². The van der Waals surface area contributed by atoms with Gasteiger partial charge in [-0.15, -0.1) is 0 Å². The predicted molar refractivity (Wildman–Crippen MR) is 113 cm³/mol. The van der Waals surface area contributed by atoms with Gasteiger partial charge in [0.25, 0.3) is 0 Å². The van der Waals surface area contributed by atoms with E-state index in [0.717, 1.165) is 25.1 Å². The van der Waals surface area contributed by atoms with Gasteiger partial charge in [0, 0.05) is 24.2 Å². The van der Waals surface area contributed by atoms with Crippen LogP contribution in [0.4, 0.5) is 5.69 Å². The Kier molecular flexibility index (Phi) is 7.05. The monoisotopic (exact) mass is 364 g/mol. The van der Waals surface area contributed by atoms with Crippen molar-refractivity contribution in [1.82, 2.24) is 5.32 Å². The van der Waals surface area contributed by atoms with Crippen molar-refractivity contribution >= 4 is 11.6 Å². The fourth-order valence-corrected chi connectivity index (χ4v) is 4.39. The molecule has 0 aliphatic carbocycles. The molecule has 2 aromatic carbocycles. The number of anilines is 1. The summed E-state index contributed by atoms with van der Waals surface area (Å²) in [5.74, 6) is 0.680. The van der Waals surface area contributed by atoms with E-state index in [2.05, 4.69) is 54.7 Å². The largest absolute Gasteiger partial charge is 0.314 e. The van der Waals surface area contributed by atoms with E-state index in [1.54, 1.807) is 0 Å². The van der Waals surface area contributed by atoms with Gasteiger partial charge in [0.1, 0.15) is 0 Å². The minimum absolute atomic E-state index is 0.188. The summed E-state index contributed by atoms with van der Waals surface area (Å²) in [6.07, 6.45) is 5.08. The number of piperidine rings is 1. The molecule has 1 fully saturated rings. The molecule has 3 rings (SSSR count). The van der Waals surface area contributed by atoms with Crippen LogP contribution in [0.15, 0.2) is 60.7 Å². The van der Waals surface area contributed by atoms with Crippen molar-refractivity contribution in [3.05, 3.63) is 66.2 Å². The van der Waals surface area contributed by atoms with E-state index in [9.17, 15) is 4.79 Å². The first-order valence-corrected chi connectivity index (χ1v) is 10.3. The first kappa shape index (κ1) is 19.6. The highest BCUT2D eigenvalue weighted by atomic mass is 16.2. The van der Waals surface area contributed by atoms with Gasteiger partial charge in [-0.25, -0.2) is 0 Å². The molecular formula is C24H32N2O. The van der Waals surface area contributed by atoms with Crippen LogP contribution in [0.5, 0.6) is 0 Å². The number of carbonyl (C=O) groups excluding carboxylic acids is 1. The van der Waals surface area contributed by atoms with Crippen LogP contribution in [0.25, 0.3) is 0 Å². The molecule has 1 amide bonds. The van der Waals surface area contributed by atoms with E-state index in [-0.39, 0.29) is 11.9 Å². The van der Waals surface area contributed by atoms with Crippen molar-refractivity contribution in [3.63, 3.8) is 0 Å². The van der Waals surface area contributed by atoms with E-state index >= 15 is 0 Å². The second-order valence-corrected chi connectivity index (χ2v) is 7.58. The van der Waals surface area contributed by atoms with Gasteiger partial charge < -0.3 is 10.2 Å². The fourth-order valence-electron chi connectivity index (χ4n) is 4.39. The molecule has 1 N–H and O–H groups in total. The maximum absolute atomic E-state index is 12.8. The quantitative estimate of drug-likeness (QED) is 0.764. The molecule has 2 aromatic rings. The molecule has 27 heavy (non-hydrogen) atoms. The third-order valence-corrected chi connectivity index (χ3v) is 5.86. The van der Waals surface area contributed by atoms with Crippen molar-refractivity contribution in [2.24, 2.45) is 5.92 Å². The molecule has 0 spiro atoms. The number of aryl methyl sites for hydroxylation is 1. The summed E-state index contributed by atoms with van der Waals surface area (Å²) in [6, 6.07) is 21.5. The Labute approximate surface area is 163 Å². The molecular weight excluding hydrogens is 332 g/mol. The number of hydrogen-bond donors (Lipinski definition) is 1. The second kappa shape index (κ2) is 9.70. The maximum atomic E-state index is 12.8. The summed E-state index contributed by atoms with van der Waals surface area (Å²) in [7, 11) is 0. The van der Waals surface area contributed by atoms with E-state index < -0.39 is 0 Å². The third kappa shape index (κ3) is 4.98. The first-order valence-electron chi connectivity index (χ1n) is 10.3. The summed E-state index contributed by atoms with van der Waals surface area (Å²) in [5, 5.41) is 3.75. The molecule has 3 nitrogen and oxygen atoms in total. The van der Waals surface area contributed by atoms with Crippen molar-refractivity contribution in [2.45, 2.75) is 58.0 Å². The van der Waals surface area contributed by atoms with Crippen LogP contribution in [0.3, 0.4) is 0 Å². The van der Waals surface area contributed by atoms with Gasteiger partial charge in [-0.05, 0) is 62.8 Å². The molecule has 0 radical (unpaired) electrons. The average molecular weight is 365 g/mol. The molecule has 1 aliphatic rings. The van der Waals surface area contributed by atoms with Crippen molar-refractivity contribution in [1.29, 1.82) is 0 Å². The Hall–Kier alpha value is -2.13. The Morgan fingerprint density at radius 2 is 1.78 bits per heavy atom. The zero-order chi connectivity index (χ0) is 19.1. The molecule has 1 heterocycles. The molecule has 1 saturated heterocycles. The lowest BCUT2D eigenvalue weighted by Crippen LogP contribution is -2.52. The SMILES string of the molecule is CCC(=O)N(c1ccccc1)C(C)C1CCCNC1CCc1ccccc1. The minimum atomic E-state index is 0.188. The number of nitrogens with one attached hydrogen (secondary N) is 1. The Morgan fingerprint density at radius 1 is 1.11 bits per heavy atom. The third-order valence-electron chi connectivity index (χ3n) is 5.86. The number of hydrogen-bond acceptors (Lipinski definition) is 2. The Balaban J connectivity index is 1.76. The number of nitrogens with zero attached hydrogens (tertiary/aromatic N) is 1. The average Bonchev–Trinajstić information content (AvgIpc) is 2.74. The highest BCUT2D eigenvalue weighted by molar-refractivity contribution is 5.93. The second-order valence-electron chi connectivity index (χ2n) is 7.58. The van der Waals surface area contributed by atoms with Gasteiger partial charge in [0.2, 0.25) is 5.91 Å². The summed E-state index contributed by atoms with van der Waals surface area (Å²) in [6.45, 7) is 5.26. The minimum Gasteiger partial charge on any atom is -0.314 e. The number of para-hydroxylation sites is 1. The highest BCUT2D eigenvalue weighted by Crippen LogP contribution is 2.30. The molecule has 3 heteroatoms. The van der Waals surface area contributed by atoms with Crippen molar-refractivity contribution in [2.75, 3.05) is 11.4 Å². The van der Waals surface area contributed by atoms with Crippen LogP contribution in [-0.2, 0) is 11.2 Å². The molecule has 0 bridgehead atoms. The predicted octanol–water partition coefficient (Wildman–Crippen LogP) is 4.82. The first-order chi connectivity index (χ1) is 13.2.